The molecule has 4 nitrogen and oxygen atoms in total. The minimum absolute atomic E-state index is 0.247. The third kappa shape index (κ3) is 1.93. The van der Waals surface area contributed by atoms with E-state index in [0.29, 0.717) is 10.9 Å². The summed E-state index contributed by atoms with van der Waals surface area (Å²) in [6, 6.07) is 10.6. The summed E-state index contributed by atoms with van der Waals surface area (Å²) < 4.78 is 13.7. The zero-order valence-corrected chi connectivity index (χ0v) is 11.1. The highest BCUT2D eigenvalue weighted by molar-refractivity contribution is 7.91. The van der Waals surface area contributed by atoms with E-state index in [2.05, 4.69) is 22.2 Å². The van der Waals surface area contributed by atoms with Gasteiger partial charge in [-0.2, -0.15) is 4.98 Å². The van der Waals surface area contributed by atoms with Crippen LogP contribution < -0.4 is 0 Å². The molecule has 2 heterocycles. The first-order valence-corrected chi connectivity index (χ1v) is 7.50. The van der Waals surface area contributed by atoms with Crippen LogP contribution in [0.1, 0.15) is 30.8 Å². The first-order valence-electron chi connectivity index (χ1n) is 6.18. The third-order valence-corrected chi connectivity index (χ3v) is 4.37. The number of nitrogens with zero attached hydrogens (tertiary/aromatic N) is 3. The molecule has 0 fully saturated rings. The van der Waals surface area contributed by atoms with E-state index in [1.165, 1.54) is 5.56 Å². The van der Waals surface area contributed by atoms with Crippen molar-refractivity contribution in [3.8, 4) is 0 Å². The Labute approximate surface area is 109 Å². The maximum atomic E-state index is 11.7. The Bertz CT molecular complexity index is 540. The number of hydrogen-bond donors (Lipinski definition) is 0. The SMILES string of the molecule is CC[S+]([O-])c1nc2n(n1)C(c1ccccc1)CC2. The van der Waals surface area contributed by atoms with Gasteiger partial charge in [0.25, 0.3) is 0 Å². The first kappa shape index (κ1) is 11.7. The normalized spacial score (nSPS) is 19.8. The molecule has 2 atom stereocenters. The molecule has 0 N–H and O–H groups in total. The molecule has 0 amide bonds. The summed E-state index contributed by atoms with van der Waals surface area (Å²) >= 11 is -1.06. The van der Waals surface area contributed by atoms with E-state index in [1.807, 2.05) is 29.8 Å². The number of rotatable bonds is 3. The molecule has 0 saturated carbocycles. The fraction of sp³-hybridized carbons (Fsp3) is 0.385. The average Bonchev–Trinajstić information content (AvgIpc) is 2.98. The number of benzene rings is 1. The van der Waals surface area contributed by atoms with Crippen LogP contribution in [0.5, 0.6) is 0 Å². The lowest BCUT2D eigenvalue weighted by molar-refractivity contribution is 0.533. The van der Waals surface area contributed by atoms with E-state index in [1.54, 1.807) is 0 Å². The minimum Gasteiger partial charge on any atom is -0.609 e. The zero-order chi connectivity index (χ0) is 12.5. The number of hydrogen-bond acceptors (Lipinski definition) is 3. The number of aryl methyl sites for hydroxylation is 1. The van der Waals surface area contributed by atoms with Crippen molar-refractivity contribution in [2.45, 2.75) is 31.0 Å². The topological polar surface area (TPSA) is 53.8 Å². The summed E-state index contributed by atoms with van der Waals surface area (Å²) in [5.74, 6) is 1.53. The lowest BCUT2D eigenvalue weighted by Gasteiger charge is -2.11. The molecular formula is C13H15N3OS. The van der Waals surface area contributed by atoms with Crippen molar-refractivity contribution in [3.63, 3.8) is 0 Å². The molecule has 94 valence electrons. The van der Waals surface area contributed by atoms with Crippen LogP contribution >= 0.6 is 0 Å². The van der Waals surface area contributed by atoms with Gasteiger partial charge < -0.3 is 4.55 Å². The van der Waals surface area contributed by atoms with E-state index < -0.39 is 11.2 Å². The molecule has 2 unspecified atom stereocenters. The highest BCUT2D eigenvalue weighted by atomic mass is 32.2. The van der Waals surface area contributed by atoms with Gasteiger partial charge in [0.2, 0.25) is 0 Å². The largest absolute Gasteiger partial charge is 0.609 e. The minimum atomic E-state index is -1.06. The Morgan fingerprint density at radius 3 is 2.89 bits per heavy atom. The van der Waals surface area contributed by atoms with Crippen molar-refractivity contribution < 1.29 is 4.55 Å². The van der Waals surface area contributed by atoms with Crippen LogP contribution in [0.3, 0.4) is 0 Å². The predicted octanol–water partition coefficient (Wildman–Crippen LogP) is 1.94. The number of aromatic nitrogens is 3. The number of fused-ring (bicyclic) bond motifs is 1. The van der Waals surface area contributed by atoms with Crippen LogP contribution in [0, 0.1) is 0 Å². The molecule has 1 aromatic heterocycles. The Kier molecular flexibility index (Phi) is 3.09. The summed E-state index contributed by atoms with van der Waals surface area (Å²) in [5, 5.41) is 4.90. The Morgan fingerprint density at radius 2 is 2.17 bits per heavy atom. The Morgan fingerprint density at radius 1 is 1.39 bits per heavy atom. The van der Waals surface area contributed by atoms with Gasteiger partial charge in [0.15, 0.2) is 0 Å². The fourth-order valence-corrected chi connectivity index (χ4v) is 3.00. The van der Waals surface area contributed by atoms with E-state index in [4.69, 9.17) is 0 Å². The molecule has 1 aliphatic heterocycles. The van der Waals surface area contributed by atoms with Crippen LogP contribution in [0.25, 0.3) is 0 Å². The highest BCUT2D eigenvalue weighted by Gasteiger charge is 2.29. The van der Waals surface area contributed by atoms with Gasteiger partial charge in [0.1, 0.15) is 11.6 Å². The van der Waals surface area contributed by atoms with Gasteiger partial charge in [-0.3, -0.25) is 0 Å². The molecule has 5 heteroatoms. The van der Waals surface area contributed by atoms with Gasteiger partial charge in [0.05, 0.1) is 6.04 Å². The molecule has 0 saturated heterocycles. The standard InChI is InChI=1S/C13H15N3OS/c1-2-18(17)13-14-12-9-8-11(16(12)15-13)10-6-4-3-5-7-10/h3-7,11H,2,8-9H2,1H3. The van der Waals surface area contributed by atoms with E-state index >= 15 is 0 Å². The van der Waals surface area contributed by atoms with Gasteiger partial charge in [-0.25, -0.2) is 4.68 Å². The molecule has 0 bridgehead atoms. The molecule has 0 spiro atoms. The quantitative estimate of drug-likeness (QED) is 0.793. The first-order chi connectivity index (χ1) is 8.79. The van der Waals surface area contributed by atoms with Crippen LogP contribution in [0.15, 0.2) is 35.5 Å². The third-order valence-electron chi connectivity index (χ3n) is 3.27. The maximum absolute atomic E-state index is 11.7. The molecule has 1 aromatic carbocycles. The Hall–Kier alpha value is -1.33. The smallest absolute Gasteiger partial charge is 0.361 e. The van der Waals surface area contributed by atoms with Crippen molar-refractivity contribution in [2.75, 3.05) is 5.75 Å². The molecule has 2 aromatic rings. The van der Waals surface area contributed by atoms with Gasteiger partial charge in [-0.05, 0) is 18.9 Å². The highest BCUT2D eigenvalue weighted by Crippen LogP contribution is 2.30. The van der Waals surface area contributed by atoms with Crippen molar-refractivity contribution in [2.24, 2.45) is 0 Å². The van der Waals surface area contributed by atoms with E-state index in [0.717, 1.165) is 18.7 Å². The fourth-order valence-electron chi connectivity index (χ4n) is 2.35. The van der Waals surface area contributed by atoms with Crippen LogP contribution in [-0.4, -0.2) is 25.1 Å². The molecule has 0 radical (unpaired) electrons. The van der Waals surface area contributed by atoms with Gasteiger partial charge >= 0.3 is 5.16 Å². The van der Waals surface area contributed by atoms with Crippen molar-refractivity contribution in [1.29, 1.82) is 0 Å². The van der Waals surface area contributed by atoms with E-state index in [-0.39, 0.29) is 6.04 Å². The summed E-state index contributed by atoms with van der Waals surface area (Å²) in [6.07, 6.45) is 1.94. The Balaban J connectivity index is 1.94. The maximum Gasteiger partial charge on any atom is 0.361 e. The molecule has 18 heavy (non-hydrogen) atoms. The second kappa shape index (κ2) is 4.74. The zero-order valence-electron chi connectivity index (χ0n) is 10.2. The van der Waals surface area contributed by atoms with Gasteiger partial charge in [-0.1, -0.05) is 30.3 Å². The van der Waals surface area contributed by atoms with Crippen LogP contribution in [0.4, 0.5) is 0 Å². The summed E-state index contributed by atoms with van der Waals surface area (Å²) in [4.78, 5) is 4.39. The van der Waals surface area contributed by atoms with E-state index in [9.17, 15) is 4.55 Å². The van der Waals surface area contributed by atoms with Crippen molar-refractivity contribution in [3.05, 3.63) is 41.7 Å². The lowest BCUT2D eigenvalue weighted by Crippen LogP contribution is -2.10. The predicted molar refractivity (Wildman–Crippen MR) is 69.9 cm³/mol. The molecule has 1 aliphatic rings. The summed E-state index contributed by atoms with van der Waals surface area (Å²) in [5.41, 5.74) is 1.25. The molecule has 0 aliphatic carbocycles. The molecule has 3 rings (SSSR count). The molecular weight excluding hydrogens is 246 g/mol. The van der Waals surface area contributed by atoms with Crippen LogP contribution in [-0.2, 0) is 17.6 Å². The van der Waals surface area contributed by atoms with Crippen LogP contribution in [0.2, 0.25) is 0 Å². The van der Waals surface area contributed by atoms with Crippen molar-refractivity contribution in [1.82, 2.24) is 14.8 Å². The van der Waals surface area contributed by atoms with Gasteiger partial charge in [-0.15, -0.1) is 5.10 Å². The summed E-state index contributed by atoms with van der Waals surface area (Å²) in [7, 11) is 0. The average molecular weight is 261 g/mol. The summed E-state index contributed by atoms with van der Waals surface area (Å²) in [6.45, 7) is 1.89. The second-order valence-electron chi connectivity index (χ2n) is 4.35. The van der Waals surface area contributed by atoms with Crippen molar-refractivity contribution >= 4 is 11.2 Å². The second-order valence-corrected chi connectivity index (χ2v) is 5.99. The lowest BCUT2D eigenvalue weighted by atomic mass is 10.1. The monoisotopic (exact) mass is 261 g/mol. The van der Waals surface area contributed by atoms with Gasteiger partial charge in [0, 0.05) is 17.6 Å².